The Balaban J connectivity index is 2.75. The Bertz CT molecular complexity index is 509. The number of nitrogen functional groups attached to an aromatic ring is 1. The molecule has 0 saturated heterocycles. The van der Waals surface area contributed by atoms with Gasteiger partial charge in [0.05, 0.1) is 12.9 Å². The van der Waals surface area contributed by atoms with E-state index in [9.17, 15) is 13.2 Å². The molecule has 0 spiro atoms. The van der Waals surface area contributed by atoms with Crippen molar-refractivity contribution < 1.29 is 17.9 Å². The molecule has 0 aliphatic rings. The minimum absolute atomic E-state index is 0.0363. The second-order valence-electron chi connectivity index (χ2n) is 3.32. The number of ether oxygens (including phenoxy) is 1. The first kappa shape index (κ1) is 13.7. The summed E-state index contributed by atoms with van der Waals surface area (Å²) >= 11 is 0.989. The SMILES string of the molecule is COC(=O)c1c(N)nsc1NCCS(C)(=O)=O. The van der Waals surface area contributed by atoms with Crippen LogP contribution in [0.1, 0.15) is 10.4 Å². The van der Waals surface area contributed by atoms with Gasteiger partial charge in [-0.3, -0.25) is 0 Å². The minimum atomic E-state index is -3.05. The maximum absolute atomic E-state index is 11.4. The van der Waals surface area contributed by atoms with Crippen molar-refractivity contribution in [2.45, 2.75) is 0 Å². The first-order chi connectivity index (χ1) is 7.85. The van der Waals surface area contributed by atoms with Gasteiger partial charge >= 0.3 is 5.97 Å². The number of carbonyl (C=O) groups is 1. The van der Waals surface area contributed by atoms with Crippen LogP contribution in [-0.2, 0) is 14.6 Å². The molecular formula is C8H13N3O4S2. The minimum Gasteiger partial charge on any atom is -0.465 e. The number of nitrogens with two attached hydrogens (primary N) is 1. The zero-order valence-electron chi connectivity index (χ0n) is 9.39. The third-order valence-electron chi connectivity index (χ3n) is 1.87. The fourth-order valence-corrected chi connectivity index (χ4v) is 2.27. The van der Waals surface area contributed by atoms with E-state index in [1.165, 1.54) is 7.11 Å². The Hall–Kier alpha value is -1.35. The van der Waals surface area contributed by atoms with Crippen molar-refractivity contribution in [1.82, 2.24) is 4.37 Å². The highest BCUT2D eigenvalue weighted by molar-refractivity contribution is 7.90. The number of hydrogen-bond donors (Lipinski definition) is 2. The molecule has 96 valence electrons. The van der Waals surface area contributed by atoms with Crippen molar-refractivity contribution in [2.75, 3.05) is 36.7 Å². The highest BCUT2D eigenvalue weighted by Crippen LogP contribution is 2.27. The quantitative estimate of drug-likeness (QED) is 0.728. The largest absolute Gasteiger partial charge is 0.465 e. The third kappa shape index (κ3) is 3.86. The molecule has 0 unspecified atom stereocenters. The second-order valence-corrected chi connectivity index (χ2v) is 6.35. The summed E-state index contributed by atoms with van der Waals surface area (Å²) < 4.78 is 30.2. The molecule has 1 heterocycles. The van der Waals surface area contributed by atoms with E-state index in [4.69, 9.17) is 5.73 Å². The molecule has 0 bridgehead atoms. The van der Waals surface area contributed by atoms with E-state index >= 15 is 0 Å². The lowest BCUT2D eigenvalue weighted by atomic mass is 10.3. The summed E-state index contributed by atoms with van der Waals surface area (Å²) in [4.78, 5) is 11.4. The molecule has 17 heavy (non-hydrogen) atoms. The van der Waals surface area contributed by atoms with Crippen molar-refractivity contribution in [1.29, 1.82) is 0 Å². The van der Waals surface area contributed by atoms with Gasteiger partial charge in [0.15, 0.2) is 5.82 Å². The summed E-state index contributed by atoms with van der Waals surface area (Å²) in [7, 11) is -1.82. The maximum Gasteiger partial charge on any atom is 0.344 e. The van der Waals surface area contributed by atoms with Crippen molar-refractivity contribution in [3.05, 3.63) is 5.56 Å². The molecule has 3 N–H and O–H groups in total. The zero-order chi connectivity index (χ0) is 13.1. The van der Waals surface area contributed by atoms with Crippen LogP contribution in [0.4, 0.5) is 10.8 Å². The lowest BCUT2D eigenvalue weighted by Crippen LogP contribution is -2.15. The molecule has 0 aliphatic carbocycles. The van der Waals surface area contributed by atoms with Gasteiger partial charge in [0.1, 0.15) is 20.4 Å². The van der Waals surface area contributed by atoms with Crippen molar-refractivity contribution >= 4 is 38.2 Å². The van der Waals surface area contributed by atoms with Gasteiger partial charge in [-0.25, -0.2) is 13.2 Å². The molecule has 0 atom stereocenters. The lowest BCUT2D eigenvalue weighted by molar-refractivity contribution is 0.0603. The molecule has 1 aromatic heterocycles. The number of carbonyl (C=O) groups excluding carboxylic acids is 1. The number of hydrogen-bond acceptors (Lipinski definition) is 8. The van der Waals surface area contributed by atoms with Crippen LogP contribution < -0.4 is 11.1 Å². The van der Waals surface area contributed by atoms with Crippen molar-refractivity contribution in [3.63, 3.8) is 0 Å². The molecule has 0 radical (unpaired) electrons. The van der Waals surface area contributed by atoms with Crippen LogP contribution >= 0.6 is 11.5 Å². The van der Waals surface area contributed by atoms with Gasteiger partial charge in [-0.05, 0) is 11.5 Å². The van der Waals surface area contributed by atoms with Crippen LogP contribution in [0.25, 0.3) is 0 Å². The van der Waals surface area contributed by atoms with E-state index in [0.29, 0.717) is 5.00 Å². The second kappa shape index (κ2) is 5.32. The van der Waals surface area contributed by atoms with Gasteiger partial charge in [-0.1, -0.05) is 0 Å². The van der Waals surface area contributed by atoms with Crippen LogP contribution in [0.5, 0.6) is 0 Å². The first-order valence-electron chi connectivity index (χ1n) is 4.60. The van der Waals surface area contributed by atoms with Crippen LogP contribution in [0.3, 0.4) is 0 Å². The molecule has 9 heteroatoms. The molecule has 0 aromatic carbocycles. The van der Waals surface area contributed by atoms with E-state index in [1.807, 2.05) is 0 Å². The van der Waals surface area contributed by atoms with Crippen LogP contribution in [0.2, 0.25) is 0 Å². The summed E-state index contributed by atoms with van der Waals surface area (Å²) in [6.07, 6.45) is 1.14. The highest BCUT2D eigenvalue weighted by atomic mass is 32.2. The monoisotopic (exact) mass is 279 g/mol. The molecule has 1 aromatic rings. The smallest absolute Gasteiger partial charge is 0.344 e. The van der Waals surface area contributed by atoms with E-state index < -0.39 is 15.8 Å². The number of anilines is 2. The van der Waals surface area contributed by atoms with Gasteiger partial charge in [0, 0.05) is 12.8 Å². The average Bonchev–Trinajstić information content (AvgIpc) is 2.57. The summed E-state index contributed by atoms with van der Waals surface area (Å²) in [5, 5.41) is 3.22. The van der Waals surface area contributed by atoms with Crippen LogP contribution in [0, 0.1) is 0 Å². The number of sulfone groups is 1. The maximum atomic E-state index is 11.4. The molecular weight excluding hydrogens is 266 g/mol. The third-order valence-corrected chi connectivity index (χ3v) is 3.63. The van der Waals surface area contributed by atoms with Gasteiger partial charge in [-0.15, -0.1) is 0 Å². The lowest BCUT2D eigenvalue weighted by Gasteiger charge is -2.04. The standard InChI is InChI=1S/C8H13N3O4S2/c1-15-8(12)5-6(9)11-16-7(5)10-3-4-17(2,13)14/h10H,3-4H2,1-2H3,(H2,9,11). The molecule has 1 rings (SSSR count). The van der Waals surface area contributed by atoms with Gasteiger partial charge in [-0.2, -0.15) is 4.37 Å². The molecule has 0 amide bonds. The number of nitrogens with zero attached hydrogens (tertiary/aromatic N) is 1. The fraction of sp³-hybridized carbons (Fsp3) is 0.500. The van der Waals surface area contributed by atoms with Crippen molar-refractivity contribution in [2.24, 2.45) is 0 Å². The van der Waals surface area contributed by atoms with E-state index in [0.717, 1.165) is 17.8 Å². The molecule has 7 nitrogen and oxygen atoms in total. The predicted octanol–water partition coefficient (Wildman–Crippen LogP) is -0.0316. The average molecular weight is 279 g/mol. The normalized spacial score (nSPS) is 11.2. The Morgan fingerprint density at radius 1 is 1.59 bits per heavy atom. The van der Waals surface area contributed by atoms with E-state index in [2.05, 4.69) is 14.4 Å². The molecule has 0 saturated carbocycles. The van der Waals surface area contributed by atoms with E-state index in [1.54, 1.807) is 0 Å². The Morgan fingerprint density at radius 3 is 2.76 bits per heavy atom. The molecule has 0 fully saturated rings. The first-order valence-corrected chi connectivity index (χ1v) is 7.43. The summed E-state index contributed by atoms with van der Waals surface area (Å²) in [5.74, 6) is -0.562. The Kier molecular flexibility index (Phi) is 4.29. The number of methoxy groups -OCH3 is 1. The van der Waals surface area contributed by atoms with Crippen molar-refractivity contribution in [3.8, 4) is 0 Å². The van der Waals surface area contributed by atoms with Crippen LogP contribution in [0.15, 0.2) is 0 Å². The van der Waals surface area contributed by atoms with Crippen LogP contribution in [-0.4, -0.2) is 44.4 Å². The highest BCUT2D eigenvalue weighted by Gasteiger charge is 2.19. The summed E-state index contributed by atoms with van der Waals surface area (Å²) in [5.41, 5.74) is 5.66. The predicted molar refractivity (Wildman–Crippen MR) is 66.1 cm³/mol. The number of nitrogens with one attached hydrogen (secondary N) is 1. The van der Waals surface area contributed by atoms with Gasteiger partial charge in [0.2, 0.25) is 0 Å². The van der Waals surface area contributed by atoms with Gasteiger partial charge < -0.3 is 15.8 Å². The Morgan fingerprint density at radius 2 is 2.24 bits per heavy atom. The van der Waals surface area contributed by atoms with E-state index in [-0.39, 0.29) is 23.7 Å². The Labute approximate surface area is 103 Å². The fourth-order valence-electron chi connectivity index (χ4n) is 1.07. The number of aromatic nitrogens is 1. The number of rotatable bonds is 5. The zero-order valence-corrected chi connectivity index (χ0v) is 11.0. The topological polar surface area (TPSA) is 111 Å². The van der Waals surface area contributed by atoms with Gasteiger partial charge in [0.25, 0.3) is 0 Å². The molecule has 0 aliphatic heterocycles. The summed E-state index contributed by atoms with van der Waals surface area (Å²) in [6, 6.07) is 0. The number of esters is 1. The summed E-state index contributed by atoms with van der Waals surface area (Å²) in [6.45, 7) is 0.185.